The average Bonchev–Trinajstić information content (AvgIpc) is 3.34. The molecule has 6 rings (SSSR count). The smallest absolute Gasteiger partial charge is 0.390 e. The van der Waals surface area contributed by atoms with Gasteiger partial charge in [-0.2, -0.15) is 13.2 Å². The van der Waals surface area contributed by atoms with Gasteiger partial charge in [0.2, 0.25) is 0 Å². The molecule has 4 heterocycles. The third kappa shape index (κ3) is 5.68. The zero-order valence-electron chi connectivity index (χ0n) is 23.2. The van der Waals surface area contributed by atoms with Crippen molar-refractivity contribution in [3.63, 3.8) is 0 Å². The van der Waals surface area contributed by atoms with Crippen LogP contribution in [0, 0.1) is 0 Å². The maximum absolute atomic E-state index is 13.2. The highest BCUT2D eigenvalue weighted by Gasteiger charge is 2.32. The number of imidazole rings is 1. The molecule has 0 bridgehead atoms. The zero-order valence-corrected chi connectivity index (χ0v) is 23.2. The van der Waals surface area contributed by atoms with Crippen LogP contribution in [0.15, 0.2) is 60.8 Å². The Balaban J connectivity index is 1.37. The number of aliphatic hydroxyl groups is 1. The summed E-state index contributed by atoms with van der Waals surface area (Å²) in [6, 6.07) is 15.5. The molecule has 4 aromatic rings. The van der Waals surface area contributed by atoms with E-state index in [9.17, 15) is 18.3 Å². The number of halogens is 3. The van der Waals surface area contributed by atoms with E-state index in [0.717, 1.165) is 91.7 Å². The van der Waals surface area contributed by atoms with Crippen LogP contribution in [0.1, 0.15) is 52.7 Å². The molecule has 216 valence electrons. The fourth-order valence-electron chi connectivity index (χ4n) is 6.20. The van der Waals surface area contributed by atoms with Crippen LogP contribution >= 0.6 is 0 Å². The van der Waals surface area contributed by atoms with Crippen molar-refractivity contribution in [3.05, 3.63) is 94.6 Å². The second kappa shape index (κ2) is 11.4. The first kappa shape index (κ1) is 27.7. The lowest BCUT2D eigenvalue weighted by Crippen LogP contribution is -2.45. The van der Waals surface area contributed by atoms with Crippen molar-refractivity contribution < 1.29 is 18.3 Å². The van der Waals surface area contributed by atoms with Crippen molar-refractivity contribution >= 4 is 11.5 Å². The molecular formula is C31H35F3N6O. The molecule has 1 aliphatic heterocycles. The minimum absolute atomic E-state index is 0.0179. The molecule has 0 amide bonds. The van der Waals surface area contributed by atoms with Crippen molar-refractivity contribution in [1.29, 1.82) is 0 Å². The Bertz CT molecular complexity index is 1490. The number of pyridine rings is 2. The number of nitrogens with zero attached hydrogens (tertiary/aromatic N) is 6. The number of likely N-dealkylation sites (N-methyl/N-ethyl adjacent to an activating group) is 1. The Morgan fingerprint density at radius 2 is 1.76 bits per heavy atom. The van der Waals surface area contributed by atoms with E-state index in [2.05, 4.69) is 38.3 Å². The van der Waals surface area contributed by atoms with Gasteiger partial charge in [-0.15, -0.1) is 0 Å². The standard InChI is InChI=1S/C31H35F3N6O/c1-37-15-17-38(18-16-37)29-9-3-8-28-36-25(27(21-41)40(28)29)20-39(19-22-10-12-24(13-11-22)31(32,33)34)26-7-2-5-23-6-4-14-35-30(23)26/h3-4,6,8-14,26,41H,2,5,7,15-21H2,1H3. The molecule has 1 aliphatic carbocycles. The minimum atomic E-state index is -4.38. The molecule has 0 spiro atoms. The summed E-state index contributed by atoms with van der Waals surface area (Å²) < 4.78 is 41.8. The van der Waals surface area contributed by atoms with Crippen LogP contribution in [-0.4, -0.2) is 62.5 Å². The summed E-state index contributed by atoms with van der Waals surface area (Å²) in [7, 11) is 2.12. The molecule has 41 heavy (non-hydrogen) atoms. The van der Waals surface area contributed by atoms with Gasteiger partial charge in [0.15, 0.2) is 0 Å². The quantitative estimate of drug-likeness (QED) is 0.338. The number of aromatic nitrogens is 3. The fourth-order valence-corrected chi connectivity index (χ4v) is 6.20. The lowest BCUT2D eigenvalue weighted by Gasteiger charge is -2.35. The average molecular weight is 565 g/mol. The molecule has 10 heteroatoms. The fraction of sp³-hybridized carbons (Fsp3) is 0.419. The van der Waals surface area contributed by atoms with Gasteiger partial charge in [0.1, 0.15) is 11.5 Å². The second-order valence-electron chi connectivity index (χ2n) is 11.1. The number of benzene rings is 1. The molecule has 3 aromatic heterocycles. The van der Waals surface area contributed by atoms with Gasteiger partial charge >= 0.3 is 6.18 Å². The topological polar surface area (TPSA) is 60.1 Å². The summed E-state index contributed by atoms with van der Waals surface area (Å²) in [4.78, 5) is 16.6. The van der Waals surface area contributed by atoms with E-state index in [1.165, 1.54) is 5.56 Å². The van der Waals surface area contributed by atoms with E-state index in [4.69, 9.17) is 9.97 Å². The number of aryl methyl sites for hydroxylation is 1. The zero-order chi connectivity index (χ0) is 28.6. The van der Waals surface area contributed by atoms with Crippen molar-refractivity contribution in [2.45, 2.75) is 51.2 Å². The van der Waals surface area contributed by atoms with Crippen LogP contribution in [0.3, 0.4) is 0 Å². The molecule has 1 saturated heterocycles. The lowest BCUT2D eigenvalue weighted by atomic mass is 9.90. The van der Waals surface area contributed by atoms with Crippen LogP contribution in [0.4, 0.5) is 19.0 Å². The van der Waals surface area contributed by atoms with Crippen LogP contribution < -0.4 is 4.90 Å². The van der Waals surface area contributed by atoms with Gasteiger partial charge < -0.3 is 14.9 Å². The molecule has 2 aliphatic rings. The third-order valence-corrected chi connectivity index (χ3v) is 8.40. The Labute approximate surface area is 237 Å². The first-order valence-corrected chi connectivity index (χ1v) is 14.2. The molecule has 1 unspecified atom stereocenters. The monoisotopic (exact) mass is 564 g/mol. The normalized spacial score (nSPS) is 18.3. The van der Waals surface area contributed by atoms with Crippen LogP contribution in [0.25, 0.3) is 5.65 Å². The van der Waals surface area contributed by atoms with Crippen molar-refractivity contribution in [2.24, 2.45) is 0 Å². The molecule has 1 fully saturated rings. The van der Waals surface area contributed by atoms with Gasteiger partial charge in [0, 0.05) is 45.5 Å². The number of anilines is 1. The Morgan fingerprint density at radius 1 is 0.976 bits per heavy atom. The van der Waals surface area contributed by atoms with Crippen LogP contribution in [-0.2, 0) is 32.3 Å². The number of rotatable bonds is 7. The predicted molar refractivity (Wildman–Crippen MR) is 151 cm³/mol. The van der Waals surface area contributed by atoms with Crippen molar-refractivity contribution in [2.75, 3.05) is 38.1 Å². The molecule has 0 radical (unpaired) electrons. The van der Waals surface area contributed by atoms with E-state index in [0.29, 0.717) is 13.1 Å². The molecule has 1 aromatic carbocycles. The van der Waals surface area contributed by atoms with Gasteiger partial charge in [0.05, 0.1) is 35.3 Å². The number of hydrogen-bond donors (Lipinski definition) is 1. The first-order valence-electron chi connectivity index (χ1n) is 14.2. The summed E-state index contributed by atoms with van der Waals surface area (Å²) in [5.41, 5.74) is 4.63. The highest BCUT2D eigenvalue weighted by atomic mass is 19.4. The summed E-state index contributed by atoms with van der Waals surface area (Å²) in [6.45, 7) is 4.39. The highest BCUT2D eigenvalue weighted by molar-refractivity contribution is 5.55. The van der Waals surface area contributed by atoms with Crippen LogP contribution in [0.2, 0.25) is 0 Å². The molecule has 7 nitrogen and oxygen atoms in total. The predicted octanol–water partition coefficient (Wildman–Crippen LogP) is 5.07. The number of piperazine rings is 1. The van der Waals surface area contributed by atoms with Gasteiger partial charge in [-0.1, -0.05) is 24.3 Å². The van der Waals surface area contributed by atoms with E-state index in [1.54, 1.807) is 18.3 Å². The van der Waals surface area contributed by atoms with Crippen LogP contribution in [0.5, 0.6) is 0 Å². The van der Waals surface area contributed by atoms with E-state index in [1.807, 2.05) is 18.2 Å². The van der Waals surface area contributed by atoms with E-state index in [-0.39, 0.29) is 12.6 Å². The first-order chi connectivity index (χ1) is 19.8. The maximum Gasteiger partial charge on any atom is 0.416 e. The SMILES string of the molecule is CN1CCN(c2cccc3nc(CN(Cc4ccc(C(F)(F)F)cc4)C4CCCc5cccnc54)c(CO)n23)CC1. The highest BCUT2D eigenvalue weighted by Crippen LogP contribution is 2.36. The van der Waals surface area contributed by atoms with E-state index >= 15 is 0 Å². The van der Waals surface area contributed by atoms with Gasteiger partial charge in [0.25, 0.3) is 0 Å². The second-order valence-corrected chi connectivity index (χ2v) is 11.1. The van der Waals surface area contributed by atoms with Gasteiger partial charge in [-0.25, -0.2) is 4.98 Å². The minimum Gasteiger partial charge on any atom is -0.390 e. The summed E-state index contributed by atoms with van der Waals surface area (Å²) in [5, 5.41) is 10.6. The maximum atomic E-state index is 13.2. The molecule has 1 N–H and O–H groups in total. The number of aliphatic hydroxyl groups excluding tert-OH is 1. The molecule has 1 atom stereocenters. The Hall–Kier alpha value is -3.47. The third-order valence-electron chi connectivity index (χ3n) is 8.40. The Morgan fingerprint density at radius 3 is 2.49 bits per heavy atom. The largest absolute Gasteiger partial charge is 0.416 e. The summed E-state index contributed by atoms with van der Waals surface area (Å²) >= 11 is 0. The number of hydrogen-bond acceptors (Lipinski definition) is 6. The Kier molecular flexibility index (Phi) is 7.72. The van der Waals surface area contributed by atoms with Gasteiger partial charge in [-0.3, -0.25) is 14.3 Å². The number of fused-ring (bicyclic) bond motifs is 2. The molecule has 0 saturated carbocycles. The summed E-state index contributed by atoms with van der Waals surface area (Å²) in [5.74, 6) is 1.01. The van der Waals surface area contributed by atoms with Crippen molar-refractivity contribution in [3.8, 4) is 0 Å². The van der Waals surface area contributed by atoms with Crippen molar-refractivity contribution in [1.82, 2.24) is 24.2 Å². The van der Waals surface area contributed by atoms with Gasteiger partial charge in [-0.05, 0) is 67.8 Å². The molecular weight excluding hydrogens is 529 g/mol. The number of alkyl halides is 3. The van der Waals surface area contributed by atoms with E-state index < -0.39 is 11.7 Å². The lowest BCUT2D eigenvalue weighted by molar-refractivity contribution is -0.137. The summed E-state index contributed by atoms with van der Waals surface area (Å²) in [6.07, 6.45) is 0.272.